The molecule has 5 aliphatic heterocycles. The summed E-state index contributed by atoms with van der Waals surface area (Å²) in [7, 11) is 0. The van der Waals surface area contributed by atoms with E-state index in [0.717, 1.165) is 90.0 Å². The van der Waals surface area contributed by atoms with E-state index in [1.54, 1.807) is 11.1 Å². The number of nitrogens with one attached hydrogen (secondary N) is 1. The number of fused-ring (bicyclic) bond motifs is 6. The van der Waals surface area contributed by atoms with Crippen LogP contribution < -0.4 is 19.9 Å². The van der Waals surface area contributed by atoms with Crippen LogP contribution in [0, 0.1) is 11.3 Å². The average molecular weight is 866 g/mol. The third-order valence-corrected chi connectivity index (χ3v) is 15.0. The summed E-state index contributed by atoms with van der Waals surface area (Å²) >= 11 is 0. The van der Waals surface area contributed by atoms with Crippen LogP contribution >= 0.6 is 0 Å². The van der Waals surface area contributed by atoms with Gasteiger partial charge in [0.2, 0.25) is 0 Å². The van der Waals surface area contributed by atoms with E-state index in [1.165, 1.54) is 39.5 Å². The number of ketones is 2. The number of anilines is 3. The maximum Gasteiger partial charge on any atom is 0.255 e. The lowest BCUT2D eigenvalue weighted by atomic mass is 9.65. The largest absolute Gasteiger partial charge is 0.489 e. The van der Waals surface area contributed by atoms with E-state index >= 15 is 0 Å². The smallest absolute Gasteiger partial charge is 0.255 e. The first-order valence-corrected chi connectivity index (χ1v) is 22.9. The lowest BCUT2D eigenvalue weighted by Gasteiger charge is -2.55. The molecule has 1 unspecified atom stereocenters. The zero-order valence-electron chi connectivity index (χ0n) is 37.0. The Kier molecular flexibility index (Phi) is 11.9. The van der Waals surface area contributed by atoms with Crippen LogP contribution in [0.1, 0.15) is 106 Å². The van der Waals surface area contributed by atoms with Crippen LogP contribution in [0.3, 0.4) is 0 Å². The number of carbonyl (C=O) groups excluding carboxylic acids is 3. The number of alkyl halides is 2. The Morgan fingerprint density at radius 1 is 1.06 bits per heavy atom. The van der Waals surface area contributed by atoms with Gasteiger partial charge in [-0.15, -0.1) is 0 Å². The summed E-state index contributed by atoms with van der Waals surface area (Å²) < 4.78 is 34.4. The van der Waals surface area contributed by atoms with Gasteiger partial charge in [0.1, 0.15) is 18.1 Å². The minimum absolute atomic E-state index is 0. The molecule has 6 aliphatic rings. The summed E-state index contributed by atoms with van der Waals surface area (Å²) in [5.74, 6) is 1.16. The highest BCUT2D eigenvalue weighted by Gasteiger charge is 2.47. The number of Topliss-reactive ketones (excluding diaryl/α,β-unsaturated/α-hetero) is 2. The Labute approximate surface area is 373 Å². The molecule has 13 heteroatoms. The van der Waals surface area contributed by atoms with E-state index in [1.807, 2.05) is 54.4 Å². The normalized spacial score (nSPS) is 23.6. The topological polar surface area (TPSA) is 102 Å². The molecule has 1 saturated carbocycles. The lowest BCUT2D eigenvalue weighted by molar-refractivity contribution is -0.122. The Balaban J connectivity index is 0.00000315. The Morgan fingerprint density at radius 2 is 1.86 bits per heavy atom. The van der Waals surface area contributed by atoms with Crippen molar-refractivity contribution in [3.05, 3.63) is 95.5 Å². The van der Waals surface area contributed by atoms with Gasteiger partial charge in [-0.1, -0.05) is 25.3 Å². The minimum Gasteiger partial charge on any atom is -0.489 e. The Morgan fingerprint density at radius 3 is 2.54 bits per heavy atom. The van der Waals surface area contributed by atoms with E-state index in [2.05, 4.69) is 39.2 Å². The number of halogens is 2. The van der Waals surface area contributed by atoms with Crippen molar-refractivity contribution >= 4 is 40.6 Å². The first-order valence-electron chi connectivity index (χ1n) is 22.9. The molecule has 4 atom stereocenters. The highest BCUT2D eigenvalue weighted by atomic mass is 19.3. The molecule has 6 heterocycles. The molecule has 1 aliphatic carbocycles. The van der Waals surface area contributed by atoms with Gasteiger partial charge in [-0.2, -0.15) is 0 Å². The highest BCUT2D eigenvalue weighted by molar-refractivity contribution is 6.02. The molecule has 3 aromatic rings. The van der Waals surface area contributed by atoms with Crippen molar-refractivity contribution < 1.29 is 30.8 Å². The first kappa shape index (κ1) is 43.1. The van der Waals surface area contributed by atoms with Gasteiger partial charge in [-0.05, 0) is 113 Å². The van der Waals surface area contributed by atoms with Crippen LogP contribution in [-0.4, -0.2) is 114 Å². The minimum atomic E-state index is -2.45. The summed E-state index contributed by atoms with van der Waals surface area (Å²) in [5, 5.41) is 3.21. The summed E-state index contributed by atoms with van der Waals surface area (Å²) in [6, 6.07) is 11.2. The molecule has 3 fully saturated rings. The van der Waals surface area contributed by atoms with Gasteiger partial charge in [0, 0.05) is 82.4 Å². The van der Waals surface area contributed by atoms with Crippen molar-refractivity contribution in [3.63, 3.8) is 0 Å². The van der Waals surface area contributed by atoms with Crippen molar-refractivity contribution in [3.8, 4) is 5.75 Å². The molecule has 9 rings (SSSR count). The summed E-state index contributed by atoms with van der Waals surface area (Å²) in [4.78, 5) is 53.8. The van der Waals surface area contributed by atoms with E-state index in [-0.39, 0.29) is 51.4 Å². The molecule has 338 valence electrons. The van der Waals surface area contributed by atoms with E-state index in [9.17, 15) is 23.2 Å². The third kappa shape index (κ3) is 8.15. The number of pyridine rings is 1. The van der Waals surface area contributed by atoms with Gasteiger partial charge in [0.05, 0.1) is 54.5 Å². The number of piperazine rings is 1. The lowest BCUT2D eigenvalue weighted by Crippen LogP contribution is -2.59. The monoisotopic (exact) mass is 866 g/mol. The van der Waals surface area contributed by atoms with Crippen LogP contribution in [-0.2, 0) is 22.6 Å². The molecule has 0 radical (unpaired) electrons. The van der Waals surface area contributed by atoms with Gasteiger partial charge in [0.15, 0.2) is 5.78 Å². The predicted octanol–water partition coefficient (Wildman–Crippen LogP) is 8.24. The summed E-state index contributed by atoms with van der Waals surface area (Å²) in [6.45, 7) is 19.4. The molecule has 63 heavy (non-hydrogen) atoms. The molecule has 1 spiro atoms. The van der Waals surface area contributed by atoms with Gasteiger partial charge >= 0.3 is 0 Å². The number of amides is 1. The Bertz CT molecular complexity index is 2280. The number of benzene rings is 2. The second kappa shape index (κ2) is 17.4. The van der Waals surface area contributed by atoms with Crippen molar-refractivity contribution in [2.24, 2.45) is 11.3 Å². The van der Waals surface area contributed by atoms with Gasteiger partial charge in [-0.3, -0.25) is 24.4 Å². The molecular weight excluding hydrogens is 801 g/mol. The number of rotatable bonds is 14. The van der Waals surface area contributed by atoms with Gasteiger partial charge < -0.3 is 29.5 Å². The van der Waals surface area contributed by atoms with E-state index < -0.39 is 12.5 Å². The molecule has 1 amide bonds. The average Bonchev–Trinajstić information content (AvgIpc) is 3.58. The van der Waals surface area contributed by atoms with Crippen LogP contribution in [0.15, 0.2) is 62.0 Å². The number of nitrogens with zero attached hydrogens (tertiary/aromatic N) is 6. The van der Waals surface area contributed by atoms with E-state index in [0.29, 0.717) is 42.9 Å². The molecule has 2 aromatic carbocycles. The fraction of sp³-hybridized carbons (Fsp3) is 0.520. The molecule has 11 nitrogen and oxygen atoms in total. The number of hydrogen-bond acceptors (Lipinski definition) is 10. The standard InChI is InChI=1S/C50H61F2N7O4.2H2/c1-6-37-40-22-31(3)58(27-46(51)52)47(38(40)10-13-42(37)53-7-2)43-12-9-35(23-54-43)56-29-50(30-56)18-16-34(17-19-50)24-55-20-21-57-36(25-55)28-63-48-41-26-59(44(33(5)61)14-8-32(4)60)49(62)39(41)11-15-45(48)57;;/h6-7,9-13,15,23,31,34,36,44,46-47,53H,1-2,8,14,16-22,24-30H2,3-5H3;2*1H/t31-,36-,44?,47+;;/m1../s1. The number of ether oxygens (including phenoxy) is 1. The van der Waals surface area contributed by atoms with Crippen molar-refractivity contribution in [2.45, 2.75) is 103 Å². The molecule has 0 bridgehead atoms. The zero-order valence-corrected chi connectivity index (χ0v) is 37.0. The van der Waals surface area contributed by atoms with Crippen molar-refractivity contribution in [1.29, 1.82) is 0 Å². The van der Waals surface area contributed by atoms with E-state index in [4.69, 9.17) is 9.72 Å². The quantitative estimate of drug-likeness (QED) is 0.171. The fourth-order valence-corrected chi connectivity index (χ4v) is 11.8. The van der Waals surface area contributed by atoms with Crippen LogP contribution in [0.2, 0.25) is 0 Å². The van der Waals surface area contributed by atoms with Crippen molar-refractivity contribution in [1.82, 2.24) is 19.7 Å². The van der Waals surface area contributed by atoms with Crippen LogP contribution in [0.25, 0.3) is 6.08 Å². The van der Waals surface area contributed by atoms with Crippen LogP contribution in [0.5, 0.6) is 5.75 Å². The first-order chi connectivity index (χ1) is 30.4. The van der Waals surface area contributed by atoms with Gasteiger partial charge in [-0.25, -0.2) is 8.78 Å². The maximum absolute atomic E-state index is 14.0. The predicted molar refractivity (Wildman–Crippen MR) is 247 cm³/mol. The zero-order chi connectivity index (χ0) is 44.2. The van der Waals surface area contributed by atoms with Crippen LogP contribution in [0.4, 0.5) is 25.8 Å². The van der Waals surface area contributed by atoms with Gasteiger partial charge in [0.25, 0.3) is 12.3 Å². The Hall–Kier alpha value is -5.14. The fourth-order valence-electron chi connectivity index (χ4n) is 11.8. The maximum atomic E-state index is 14.0. The second-order valence-electron chi connectivity index (χ2n) is 19.1. The summed E-state index contributed by atoms with van der Waals surface area (Å²) in [6.07, 6.45) is 9.08. The molecular formula is C50H65F2N7O4. The molecule has 1 aromatic heterocycles. The number of carbonyl (C=O) groups is 3. The van der Waals surface area contributed by atoms with Crippen molar-refractivity contribution in [2.75, 3.05) is 67.5 Å². The summed E-state index contributed by atoms with van der Waals surface area (Å²) in [5.41, 5.74) is 8.66. The number of hydrogen-bond donors (Lipinski definition) is 1. The third-order valence-electron chi connectivity index (χ3n) is 15.0. The number of aromatic nitrogens is 1. The molecule has 1 N–H and O–H groups in total. The molecule has 2 saturated heterocycles. The second-order valence-corrected chi connectivity index (χ2v) is 19.1. The highest BCUT2D eigenvalue weighted by Crippen LogP contribution is 2.49. The SMILES string of the molecule is C=CNc1ccc2c(c1C=C)C[C@@H](C)N(CC(F)F)[C@@H]2c1ccc(N2CC3(CCC(CN4CCN5c6ccc7c(c6OC[C@H]5C4)CN(C(CCC(C)=O)C(C)=O)C7=O)CC3)C2)cn1.[HH].[HH].